The van der Waals surface area contributed by atoms with Crippen molar-refractivity contribution in [1.82, 2.24) is 9.55 Å². The lowest BCUT2D eigenvalue weighted by atomic mass is 9.82. The van der Waals surface area contributed by atoms with Crippen molar-refractivity contribution in [2.45, 2.75) is 32.2 Å². The molecule has 0 amide bonds. The van der Waals surface area contributed by atoms with Gasteiger partial charge in [0, 0.05) is 23.3 Å². The summed E-state index contributed by atoms with van der Waals surface area (Å²) in [5.41, 5.74) is 2.51. The van der Waals surface area contributed by atoms with Gasteiger partial charge in [-0.3, -0.25) is 0 Å². The molecule has 0 bridgehead atoms. The van der Waals surface area contributed by atoms with Gasteiger partial charge in [-0.1, -0.05) is 6.92 Å². The Morgan fingerprint density at radius 2 is 2.15 bits per heavy atom. The van der Waals surface area contributed by atoms with Gasteiger partial charge in [0.15, 0.2) is 0 Å². The number of hydrogen-bond acceptors (Lipinski definition) is 2. The number of ether oxygens (including phenoxy) is 1. The van der Waals surface area contributed by atoms with Crippen molar-refractivity contribution in [3.63, 3.8) is 0 Å². The van der Waals surface area contributed by atoms with Gasteiger partial charge >= 0.3 is 0 Å². The molecule has 0 unspecified atom stereocenters. The van der Waals surface area contributed by atoms with Gasteiger partial charge in [-0.25, -0.2) is 4.98 Å². The maximum Gasteiger partial charge on any atom is 0.124 e. The molecule has 0 saturated carbocycles. The minimum Gasteiger partial charge on any atom is -0.381 e. The van der Waals surface area contributed by atoms with E-state index >= 15 is 0 Å². The first-order chi connectivity index (χ1) is 9.61. The molecule has 0 N–H and O–H groups in total. The van der Waals surface area contributed by atoms with E-state index in [1.165, 1.54) is 9.09 Å². The molecule has 1 fully saturated rings. The zero-order valence-electron chi connectivity index (χ0n) is 11.5. The predicted molar refractivity (Wildman–Crippen MR) is 90.2 cm³/mol. The molecule has 2 heterocycles. The van der Waals surface area contributed by atoms with Gasteiger partial charge in [0.2, 0.25) is 0 Å². The Morgan fingerprint density at radius 1 is 1.40 bits per heavy atom. The van der Waals surface area contributed by atoms with Crippen molar-refractivity contribution >= 4 is 45.2 Å². The Labute approximate surface area is 137 Å². The van der Waals surface area contributed by atoms with Gasteiger partial charge in [-0.05, 0) is 59.0 Å². The van der Waals surface area contributed by atoms with E-state index in [0.29, 0.717) is 5.88 Å². The highest BCUT2D eigenvalue weighted by atomic mass is 127. The lowest BCUT2D eigenvalue weighted by Gasteiger charge is -2.34. The summed E-state index contributed by atoms with van der Waals surface area (Å²) in [6.07, 6.45) is 2.19. The molecule has 1 aromatic heterocycles. The highest BCUT2D eigenvalue weighted by Crippen LogP contribution is 2.33. The van der Waals surface area contributed by atoms with E-state index in [1.54, 1.807) is 0 Å². The average molecular weight is 405 g/mol. The molecule has 5 heteroatoms. The maximum atomic E-state index is 6.10. The zero-order valence-corrected chi connectivity index (χ0v) is 14.4. The van der Waals surface area contributed by atoms with Crippen molar-refractivity contribution in [2.75, 3.05) is 13.2 Å². The molecule has 2 aromatic rings. The minimum absolute atomic E-state index is 0.273. The number of hydrogen-bond donors (Lipinski definition) is 0. The summed E-state index contributed by atoms with van der Waals surface area (Å²) in [7, 11) is 0. The highest BCUT2D eigenvalue weighted by molar-refractivity contribution is 14.1. The van der Waals surface area contributed by atoms with Gasteiger partial charge < -0.3 is 9.30 Å². The molecule has 0 spiro atoms. The number of rotatable bonds is 3. The first-order valence-corrected chi connectivity index (χ1v) is 8.51. The third-order valence-electron chi connectivity index (χ3n) is 4.15. The Hall–Kier alpha value is -0.330. The summed E-state index contributed by atoms with van der Waals surface area (Å²) >= 11 is 8.42. The molecular formula is C15H18ClIN2O. The SMILES string of the molecule is CC1(Cn2c(CCl)nc3cc(I)ccc32)CCOCC1. The van der Waals surface area contributed by atoms with E-state index in [0.717, 1.165) is 43.9 Å². The van der Waals surface area contributed by atoms with Crippen LogP contribution in [0, 0.1) is 8.99 Å². The van der Waals surface area contributed by atoms with E-state index in [-0.39, 0.29) is 5.41 Å². The van der Waals surface area contributed by atoms with Crippen LogP contribution in [0.4, 0.5) is 0 Å². The van der Waals surface area contributed by atoms with E-state index in [2.05, 4.69) is 57.3 Å². The Morgan fingerprint density at radius 3 is 2.85 bits per heavy atom. The van der Waals surface area contributed by atoms with Gasteiger partial charge in [-0.2, -0.15) is 0 Å². The number of benzene rings is 1. The van der Waals surface area contributed by atoms with Gasteiger partial charge in [0.1, 0.15) is 5.82 Å². The van der Waals surface area contributed by atoms with Crippen LogP contribution in [0.1, 0.15) is 25.6 Å². The van der Waals surface area contributed by atoms with Gasteiger partial charge in [0.25, 0.3) is 0 Å². The van der Waals surface area contributed by atoms with Crippen LogP contribution in [-0.4, -0.2) is 22.8 Å². The lowest BCUT2D eigenvalue weighted by molar-refractivity contribution is 0.0157. The number of nitrogens with zero attached hydrogens (tertiary/aromatic N) is 2. The Bertz CT molecular complexity index is 620. The third kappa shape index (κ3) is 2.83. The van der Waals surface area contributed by atoms with Crippen LogP contribution in [-0.2, 0) is 17.2 Å². The van der Waals surface area contributed by atoms with Gasteiger partial charge in [-0.15, -0.1) is 11.6 Å². The third-order valence-corrected chi connectivity index (χ3v) is 5.06. The summed E-state index contributed by atoms with van der Waals surface area (Å²) in [4.78, 5) is 4.68. The fraction of sp³-hybridized carbons (Fsp3) is 0.533. The lowest BCUT2D eigenvalue weighted by Crippen LogP contribution is -2.31. The molecule has 3 nitrogen and oxygen atoms in total. The van der Waals surface area contributed by atoms with E-state index in [1.807, 2.05) is 0 Å². The van der Waals surface area contributed by atoms with Crippen molar-refractivity contribution in [1.29, 1.82) is 0 Å². The summed E-state index contributed by atoms with van der Waals surface area (Å²) in [5.74, 6) is 1.43. The maximum absolute atomic E-state index is 6.10. The molecule has 0 aliphatic carbocycles. The smallest absolute Gasteiger partial charge is 0.124 e. The van der Waals surface area contributed by atoms with Crippen LogP contribution in [0.5, 0.6) is 0 Å². The monoisotopic (exact) mass is 404 g/mol. The molecule has 20 heavy (non-hydrogen) atoms. The van der Waals surface area contributed by atoms with Crippen LogP contribution in [0.15, 0.2) is 18.2 Å². The van der Waals surface area contributed by atoms with Crippen molar-refractivity contribution < 1.29 is 4.74 Å². The second-order valence-electron chi connectivity index (χ2n) is 5.80. The van der Waals surface area contributed by atoms with Crippen LogP contribution in [0.3, 0.4) is 0 Å². The van der Waals surface area contributed by atoms with Gasteiger partial charge in [0.05, 0.1) is 16.9 Å². The van der Waals surface area contributed by atoms with E-state index in [4.69, 9.17) is 16.3 Å². The normalized spacial score (nSPS) is 18.6. The zero-order chi connectivity index (χ0) is 14.2. The molecule has 0 atom stereocenters. The van der Waals surface area contributed by atoms with Crippen molar-refractivity contribution in [3.05, 3.63) is 27.6 Å². The molecule has 108 valence electrons. The van der Waals surface area contributed by atoms with Crippen LogP contribution < -0.4 is 0 Å². The quantitative estimate of drug-likeness (QED) is 0.566. The first-order valence-electron chi connectivity index (χ1n) is 6.90. The average Bonchev–Trinajstić information content (AvgIpc) is 2.76. The molecule has 0 radical (unpaired) electrons. The number of fused-ring (bicyclic) bond motifs is 1. The largest absolute Gasteiger partial charge is 0.381 e. The predicted octanol–water partition coefficient (Wildman–Crippen LogP) is 4.20. The van der Waals surface area contributed by atoms with Crippen LogP contribution in [0.2, 0.25) is 0 Å². The topological polar surface area (TPSA) is 27.1 Å². The second kappa shape index (κ2) is 5.81. The fourth-order valence-corrected chi connectivity index (χ4v) is 3.51. The summed E-state index contributed by atoms with van der Waals surface area (Å²) < 4.78 is 8.99. The number of aromatic nitrogens is 2. The van der Waals surface area contributed by atoms with Crippen LogP contribution >= 0.6 is 34.2 Å². The molecular weight excluding hydrogens is 387 g/mol. The number of halogens is 2. The fourth-order valence-electron chi connectivity index (χ4n) is 2.84. The standard InChI is InChI=1S/C15H18ClIN2O/c1-15(4-6-20-7-5-15)10-19-13-3-2-11(17)8-12(13)18-14(19)9-16/h2-3,8H,4-7,9-10H2,1H3. The minimum atomic E-state index is 0.273. The summed E-state index contributed by atoms with van der Waals surface area (Å²) in [5, 5.41) is 0. The molecule has 3 rings (SSSR count). The molecule has 1 aromatic carbocycles. The Kier molecular flexibility index (Phi) is 4.24. The van der Waals surface area contributed by atoms with E-state index < -0.39 is 0 Å². The first kappa shape index (κ1) is 14.6. The second-order valence-corrected chi connectivity index (χ2v) is 7.32. The van der Waals surface area contributed by atoms with Crippen molar-refractivity contribution in [3.8, 4) is 0 Å². The molecule has 1 aliphatic heterocycles. The van der Waals surface area contributed by atoms with Crippen molar-refractivity contribution in [2.24, 2.45) is 5.41 Å². The summed E-state index contributed by atoms with van der Waals surface area (Å²) in [6, 6.07) is 6.41. The number of imidazole rings is 1. The molecule has 1 saturated heterocycles. The molecule has 1 aliphatic rings. The number of alkyl halides is 1. The highest BCUT2D eigenvalue weighted by Gasteiger charge is 2.29. The van der Waals surface area contributed by atoms with E-state index in [9.17, 15) is 0 Å². The summed E-state index contributed by atoms with van der Waals surface area (Å²) in [6.45, 7) is 5.02. The Balaban J connectivity index is 2.01. The van der Waals surface area contributed by atoms with Crippen LogP contribution in [0.25, 0.3) is 11.0 Å².